The molecule has 0 amide bonds. The molecule has 2 aromatic carbocycles. The molecule has 1 heterocycles. The molecule has 0 saturated heterocycles. The van der Waals surface area contributed by atoms with Crippen molar-refractivity contribution in [3.63, 3.8) is 0 Å². The van der Waals surface area contributed by atoms with Crippen molar-refractivity contribution in [2.75, 3.05) is 0 Å². The average Bonchev–Trinajstić information content (AvgIpc) is 2.47. The molecule has 0 bridgehead atoms. The molecule has 0 aliphatic rings. The number of benzene rings is 2. The summed E-state index contributed by atoms with van der Waals surface area (Å²) in [5.41, 5.74) is 1.72. The Labute approximate surface area is 120 Å². The van der Waals surface area contributed by atoms with Crippen LogP contribution in [-0.4, -0.2) is 21.0 Å². The van der Waals surface area contributed by atoms with Gasteiger partial charge in [-0.3, -0.25) is 0 Å². The predicted molar refractivity (Wildman–Crippen MR) is 77.8 cm³/mol. The minimum Gasteiger partial charge on any atom is -0.478 e. The highest BCUT2D eigenvalue weighted by Crippen LogP contribution is 2.25. The number of ether oxygens (including phenoxy) is 1. The van der Waals surface area contributed by atoms with Crippen molar-refractivity contribution >= 4 is 16.9 Å². The summed E-state index contributed by atoms with van der Waals surface area (Å²) in [4.78, 5) is 19.6. The SMILES string of the molecule is Cc1ccc(C(=O)O)c(Oc2ncc3ccccc3n2)c1. The normalized spacial score (nSPS) is 10.5. The third-order valence-corrected chi connectivity index (χ3v) is 3.04. The molecular weight excluding hydrogens is 268 g/mol. The van der Waals surface area contributed by atoms with E-state index in [1.807, 2.05) is 31.2 Å². The van der Waals surface area contributed by atoms with E-state index in [1.54, 1.807) is 18.3 Å². The zero-order valence-corrected chi connectivity index (χ0v) is 11.3. The van der Waals surface area contributed by atoms with Gasteiger partial charge in [-0.15, -0.1) is 0 Å². The van der Waals surface area contributed by atoms with Gasteiger partial charge in [0, 0.05) is 11.6 Å². The molecule has 1 N–H and O–H groups in total. The number of hydrogen-bond donors (Lipinski definition) is 1. The maximum atomic E-state index is 11.2. The number of carboxylic acid groups (broad SMARTS) is 1. The Morgan fingerprint density at radius 2 is 2.00 bits per heavy atom. The van der Waals surface area contributed by atoms with Crippen molar-refractivity contribution in [1.82, 2.24) is 9.97 Å². The van der Waals surface area contributed by atoms with E-state index in [2.05, 4.69) is 9.97 Å². The minimum atomic E-state index is -1.05. The van der Waals surface area contributed by atoms with Crippen molar-refractivity contribution in [2.45, 2.75) is 6.92 Å². The van der Waals surface area contributed by atoms with Crippen LogP contribution in [0.2, 0.25) is 0 Å². The summed E-state index contributed by atoms with van der Waals surface area (Å²) >= 11 is 0. The van der Waals surface area contributed by atoms with E-state index in [1.165, 1.54) is 6.07 Å². The van der Waals surface area contributed by atoms with E-state index in [9.17, 15) is 9.90 Å². The van der Waals surface area contributed by atoms with Crippen LogP contribution in [0.15, 0.2) is 48.7 Å². The number of aromatic nitrogens is 2. The van der Waals surface area contributed by atoms with Crippen LogP contribution in [0.25, 0.3) is 10.9 Å². The van der Waals surface area contributed by atoms with E-state index >= 15 is 0 Å². The second kappa shape index (κ2) is 5.20. The first-order valence-electron chi connectivity index (χ1n) is 6.37. The van der Waals surface area contributed by atoms with Crippen LogP contribution in [0.5, 0.6) is 11.8 Å². The zero-order chi connectivity index (χ0) is 14.8. The van der Waals surface area contributed by atoms with E-state index in [0.29, 0.717) is 0 Å². The minimum absolute atomic E-state index is 0.0809. The Bertz CT molecular complexity index is 831. The van der Waals surface area contributed by atoms with Gasteiger partial charge in [-0.2, -0.15) is 4.98 Å². The van der Waals surface area contributed by atoms with Crippen LogP contribution in [0, 0.1) is 6.92 Å². The summed E-state index contributed by atoms with van der Waals surface area (Å²) in [6.45, 7) is 1.86. The van der Waals surface area contributed by atoms with Crippen LogP contribution in [0.3, 0.4) is 0 Å². The van der Waals surface area contributed by atoms with Crippen LogP contribution in [0.4, 0.5) is 0 Å². The Hall–Kier alpha value is -2.95. The molecule has 0 aliphatic heterocycles. The number of para-hydroxylation sites is 1. The molecule has 104 valence electrons. The number of hydrogen-bond acceptors (Lipinski definition) is 4. The number of fused-ring (bicyclic) bond motifs is 1. The fourth-order valence-corrected chi connectivity index (χ4v) is 1.99. The summed E-state index contributed by atoms with van der Waals surface area (Å²) in [6, 6.07) is 12.5. The lowest BCUT2D eigenvalue weighted by Gasteiger charge is -2.08. The first-order chi connectivity index (χ1) is 10.1. The molecule has 5 nitrogen and oxygen atoms in total. The van der Waals surface area contributed by atoms with Crippen LogP contribution in [-0.2, 0) is 0 Å². The third kappa shape index (κ3) is 2.67. The summed E-state index contributed by atoms with van der Waals surface area (Å²) in [6.07, 6.45) is 1.65. The first-order valence-corrected chi connectivity index (χ1v) is 6.37. The van der Waals surface area contributed by atoms with Crippen molar-refractivity contribution in [3.05, 3.63) is 59.8 Å². The summed E-state index contributed by atoms with van der Waals surface area (Å²) in [7, 11) is 0. The monoisotopic (exact) mass is 280 g/mol. The maximum absolute atomic E-state index is 11.2. The molecule has 0 radical (unpaired) electrons. The highest BCUT2D eigenvalue weighted by Gasteiger charge is 2.13. The van der Waals surface area contributed by atoms with E-state index < -0.39 is 5.97 Å². The van der Waals surface area contributed by atoms with Gasteiger partial charge >= 0.3 is 12.0 Å². The van der Waals surface area contributed by atoms with Gasteiger partial charge < -0.3 is 9.84 Å². The quantitative estimate of drug-likeness (QED) is 0.795. The third-order valence-electron chi connectivity index (χ3n) is 3.04. The molecule has 3 rings (SSSR count). The molecule has 1 aromatic heterocycles. The van der Waals surface area contributed by atoms with Gasteiger partial charge in [0.25, 0.3) is 0 Å². The zero-order valence-electron chi connectivity index (χ0n) is 11.3. The highest BCUT2D eigenvalue weighted by atomic mass is 16.5. The lowest BCUT2D eigenvalue weighted by atomic mass is 10.1. The number of aryl methyl sites for hydroxylation is 1. The second-order valence-corrected chi connectivity index (χ2v) is 4.62. The fraction of sp³-hybridized carbons (Fsp3) is 0.0625. The lowest BCUT2D eigenvalue weighted by Crippen LogP contribution is -2.02. The molecule has 21 heavy (non-hydrogen) atoms. The molecule has 0 fully saturated rings. The smallest absolute Gasteiger partial charge is 0.339 e. The Morgan fingerprint density at radius 1 is 1.19 bits per heavy atom. The maximum Gasteiger partial charge on any atom is 0.339 e. The van der Waals surface area contributed by atoms with Gasteiger partial charge in [0.1, 0.15) is 11.3 Å². The van der Waals surface area contributed by atoms with E-state index in [-0.39, 0.29) is 17.3 Å². The fourth-order valence-electron chi connectivity index (χ4n) is 1.99. The summed E-state index contributed by atoms with van der Waals surface area (Å²) < 4.78 is 5.56. The number of rotatable bonds is 3. The van der Waals surface area contributed by atoms with Gasteiger partial charge in [-0.05, 0) is 30.7 Å². The van der Waals surface area contributed by atoms with Crippen molar-refractivity contribution < 1.29 is 14.6 Å². The Morgan fingerprint density at radius 3 is 2.81 bits per heavy atom. The molecule has 0 unspecified atom stereocenters. The van der Waals surface area contributed by atoms with Gasteiger partial charge in [0.05, 0.1) is 5.52 Å². The largest absolute Gasteiger partial charge is 0.478 e. The number of aromatic carboxylic acids is 1. The van der Waals surface area contributed by atoms with Crippen LogP contribution < -0.4 is 4.74 Å². The molecule has 0 spiro atoms. The topological polar surface area (TPSA) is 72.3 Å². The number of nitrogens with zero attached hydrogens (tertiary/aromatic N) is 2. The summed E-state index contributed by atoms with van der Waals surface area (Å²) in [5, 5.41) is 10.1. The standard InChI is InChI=1S/C16H12N2O3/c1-10-6-7-12(15(19)20)14(8-10)21-16-17-9-11-4-2-3-5-13(11)18-16/h2-9H,1H3,(H,19,20). The first kappa shape index (κ1) is 13.1. The molecule has 5 heteroatoms. The van der Waals surface area contributed by atoms with Crippen LogP contribution >= 0.6 is 0 Å². The predicted octanol–water partition coefficient (Wildman–Crippen LogP) is 3.43. The molecular formula is C16H12N2O3. The second-order valence-electron chi connectivity index (χ2n) is 4.62. The lowest BCUT2D eigenvalue weighted by molar-refractivity contribution is 0.0694. The van der Waals surface area contributed by atoms with Crippen molar-refractivity contribution in [1.29, 1.82) is 0 Å². The Balaban J connectivity index is 2.02. The molecule has 3 aromatic rings. The van der Waals surface area contributed by atoms with Gasteiger partial charge in [-0.25, -0.2) is 9.78 Å². The van der Waals surface area contributed by atoms with E-state index in [0.717, 1.165) is 16.5 Å². The van der Waals surface area contributed by atoms with Gasteiger partial charge in [0.15, 0.2) is 0 Å². The number of carbonyl (C=O) groups is 1. The molecule has 0 atom stereocenters. The summed E-state index contributed by atoms with van der Waals surface area (Å²) in [5.74, 6) is -0.816. The van der Waals surface area contributed by atoms with Gasteiger partial charge in [0.2, 0.25) is 0 Å². The molecule has 0 aliphatic carbocycles. The van der Waals surface area contributed by atoms with Crippen molar-refractivity contribution in [2.24, 2.45) is 0 Å². The highest BCUT2D eigenvalue weighted by molar-refractivity contribution is 5.91. The van der Waals surface area contributed by atoms with Crippen LogP contribution in [0.1, 0.15) is 15.9 Å². The van der Waals surface area contributed by atoms with Gasteiger partial charge in [-0.1, -0.05) is 24.3 Å². The van der Waals surface area contributed by atoms with E-state index in [4.69, 9.17) is 4.74 Å². The number of carboxylic acids is 1. The average molecular weight is 280 g/mol. The Kier molecular flexibility index (Phi) is 3.23. The molecule has 0 saturated carbocycles. The van der Waals surface area contributed by atoms with Crippen molar-refractivity contribution in [3.8, 4) is 11.8 Å².